The molecule has 1 aliphatic rings. The van der Waals surface area contributed by atoms with Gasteiger partial charge in [-0.15, -0.1) is 0 Å². The molecule has 1 saturated heterocycles. The van der Waals surface area contributed by atoms with E-state index in [2.05, 4.69) is 0 Å². The molecule has 1 heterocycles. The first-order valence-corrected chi connectivity index (χ1v) is 5.42. The largest absolute Gasteiger partial charge is 0.367 e. The van der Waals surface area contributed by atoms with Crippen LogP contribution in [0.25, 0.3) is 0 Å². The number of hydrogen-bond donors (Lipinski definition) is 0. The Morgan fingerprint density at radius 3 is 2.73 bits per heavy atom. The van der Waals surface area contributed by atoms with Crippen molar-refractivity contribution >= 4 is 5.78 Å². The van der Waals surface area contributed by atoms with Crippen LogP contribution in [0, 0.1) is 0 Å². The first kappa shape index (κ1) is 10.4. The first-order valence-electron chi connectivity index (χ1n) is 5.42. The zero-order valence-corrected chi connectivity index (χ0v) is 9.03. The highest BCUT2D eigenvalue weighted by Gasteiger charge is 2.36. The monoisotopic (exact) mass is 204 g/mol. The van der Waals surface area contributed by atoms with Gasteiger partial charge in [-0.2, -0.15) is 0 Å². The van der Waals surface area contributed by atoms with Crippen molar-refractivity contribution in [1.29, 1.82) is 0 Å². The van der Waals surface area contributed by atoms with Crippen LogP contribution in [0.5, 0.6) is 0 Å². The molecule has 1 unspecified atom stereocenters. The number of hydrogen-bond acceptors (Lipinski definition) is 2. The molecule has 2 heteroatoms. The van der Waals surface area contributed by atoms with Crippen LogP contribution >= 0.6 is 0 Å². The van der Waals surface area contributed by atoms with Crippen LogP contribution in [0.15, 0.2) is 30.3 Å². The normalized spacial score (nSPS) is 25.4. The zero-order chi connectivity index (χ0) is 10.7. The molecule has 2 rings (SSSR count). The fraction of sp³-hybridized carbons (Fsp3) is 0.462. The predicted octanol–water partition coefficient (Wildman–Crippen LogP) is 2.37. The van der Waals surface area contributed by atoms with Gasteiger partial charge in [-0.3, -0.25) is 4.79 Å². The van der Waals surface area contributed by atoms with Crippen LogP contribution in [0.3, 0.4) is 0 Å². The zero-order valence-electron chi connectivity index (χ0n) is 9.03. The molecule has 1 atom stereocenters. The Labute approximate surface area is 90.3 Å². The Morgan fingerprint density at radius 2 is 2.13 bits per heavy atom. The number of carbonyl (C=O) groups excluding carboxylic acids is 1. The summed E-state index contributed by atoms with van der Waals surface area (Å²) < 4.78 is 5.52. The van der Waals surface area contributed by atoms with Gasteiger partial charge in [0.1, 0.15) is 5.60 Å². The molecule has 15 heavy (non-hydrogen) atoms. The van der Waals surface area contributed by atoms with E-state index < -0.39 is 5.60 Å². The van der Waals surface area contributed by atoms with Crippen molar-refractivity contribution in [1.82, 2.24) is 0 Å². The fourth-order valence-electron chi connectivity index (χ4n) is 1.97. The standard InChI is InChI=1S/C13H16O2/c1-13(8-5-9-15-13)12(14)10-11-6-3-2-4-7-11/h2-4,6-7H,5,8-10H2,1H3. The van der Waals surface area contributed by atoms with E-state index >= 15 is 0 Å². The highest BCUT2D eigenvalue weighted by atomic mass is 16.5. The molecule has 80 valence electrons. The molecular formula is C13H16O2. The van der Waals surface area contributed by atoms with Crippen LogP contribution in [0.4, 0.5) is 0 Å². The Bertz CT molecular complexity index is 337. The fourth-order valence-corrected chi connectivity index (χ4v) is 1.97. The third kappa shape index (κ3) is 2.26. The second-order valence-corrected chi connectivity index (χ2v) is 4.27. The van der Waals surface area contributed by atoms with Gasteiger partial charge >= 0.3 is 0 Å². The molecule has 0 radical (unpaired) electrons. The van der Waals surface area contributed by atoms with E-state index in [1.165, 1.54) is 0 Å². The topological polar surface area (TPSA) is 26.3 Å². The lowest BCUT2D eigenvalue weighted by atomic mass is 9.92. The SMILES string of the molecule is CC1(C(=O)Cc2ccccc2)CCCO1. The van der Waals surface area contributed by atoms with Crippen molar-refractivity contribution < 1.29 is 9.53 Å². The van der Waals surface area contributed by atoms with Gasteiger partial charge in [-0.05, 0) is 25.3 Å². The number of Topliss-reactive ketones (excluding diaryl/α,β-unsaturated/α-hetero) is 1. The van der Waals surface area contributed by atoms with Crippen molar-refractivity contribution in [3.05, 3.63) is 35.9 Å². The number of carbonyl (C=O) groups is 1. The van der Waals surface area contributed by atoms with E-state index in [0.29, 0.717) is 6.42 Å². The average molecular weight is 204 g/mol. The van der Waals surface area contributed by atoms with E-state index in [1.54, 1.807) is 0 Å². The molecule has 1 aliphatic heterocycles. The molecule has 1 aromatic carbocycles. The number of benzene rings is 1. The molecule has 0 spiro atoms. The second kappa shape index (κ2) is 4.15. The van der Waals surface area contributed by atoms with Gasteiger partial charge in [0.15, 0.2) is 5.78 Å². The number of ketones is 1. The van der Waals surface area contributed by atoms with Crippen LogP contribution in [-0.2, 0) is 16.0 Å². The number of ether oxygens (including phenoxy) is 1. The molecule has 1 fully saturated rings. The summed E-state index contributed by atoms with van der Waals surface area (Å²) in [6.07, 6.45) is 2.34. The molecule has 0 aromatic heterocycles. The molecule has 2 nitrogen and oxygen atoms in total. The third-order valence-corrected chi connectivity index (χ3v) is 3.02. The lowest BCUT2D eigenvalue weighted by Crippen LogP contribution is -2.35. The summed E-state index contributed by atoms with van der Waals surface area (Å²) in [5.41, 5.74) is 0.537. The maximum absolute atomic E-state index is 12.0. The lowest BCUT2D eigenvalue weighted by molar-refractivity contribution is -0.136. The summed E-state index contributed by atoms with van der Waals surface area (Å²) >= 11 is 0. The smallest absolute Gasteiger partial charge is 0.168 e. The minimum absolute atomic E-state index is 0.200. The molecule has 0 N–H and O–H groups in total. The maximum atomic E-state index is 12.0. The van der Waals surface area contributed by atoms with E-state index in [9.17, 15) is 4.79 Å². The summed E-state index contributed by atoms with van der Waals surface area (Å²) in [4.78, 5) is 12.0. The van der Waals surface area contributed by atoms with Gasteiger partial charge in [0.05, 0.1) is 0 Å². The summed E-state index contributed by atoms with van der Waals surface area (Å²) in [5.74, 6) is 0.200. The van der Waals surface area contributed by atoms with E-state index in [1.807, 2.05) is 37.3 Å². The molecule has 0 aliphatic carbocycles. The van der Waals surface area contributed by atoms with Crippen molar-refractivity contribution in [2.75, 3.05) is 6.61 Å². The second-order valence-electron chi connectivity index (χ2n) is 4.27. The van der Waals surface area contributed by atoms with Gasteiger partial charge in [-0.25, -0.2) is 0 Å². The van der Waals surface area contributed by atoms with Gasteiger partial charge in [-0.1, -0.05) is 30.3 Å². The quantitative estimate of drug-likeness (QED) is 0.755. The highest BCUT2D eigenvalue weighted by molar-refractivity contribution is 5.89. The summed E-state index contributed by atoms with van der Waals surface area (Å²) in [6.45, 7) is 2.63. The van der Waals surface area contributed by atoms with Crippen LogP contribution in [0.1, 0.15) is 25.3 Å². The van der Waals surface area contributed by atoms with Crippen molar-refractivity contribution in [2.24, 2.45) is 0 Å². The van der Waals surface area contributed by atoms with Gasteiger partial charge in [0, 0.05) is 13.0 Å². The third-order valence-electron chi connectivity index (χ3n) is 3.02. The Hall–Kier alpha value is -1.15. The Morgan fingerprint density at radius 1 is 1.40 bits per heavy atom. The predicted molar refractivity (Wildman–Crippen MR) is 58.7 cm³/mol. The van der Waals surface area contributed by atoms with Crippen LogP contribution in [-0.4, -0.2) is 18.0 Å². The van der Waals surface area contributed by atoms with Crippen LogP contribution < -0.4 is 0 Å². The molecule has 0 amide bonds. The number of rotatable bonds is 3. The van der Waals surface area contributed by atoms with Gasteiger partial charge < -0.3 is 4.74 Å². The minimum atomic E-state index is -0.532. The average Bonchev–Trinajstić information content (AvgIpc) is 2.68. The highest BCUT2D eigenvalue weighted by Crippen LogP contribution is 2.27. The molecule has 0 bridgehead atoms. The van der Waals surface area contributed by atoms with Gasteiger partial charge in [0.2, 0.25) is 0 Å². The van der Waals surface area contributed by atoms with Crippen molar-refractivity contribution in [3.8, 4) is 0 Å². The molecule has 1 aromatic rings. The van der Waals surface area contributed by atoms with Gasteiger partial charge in [0.25, 0.3) is 0 Å². The Balaban J connectivity index is 2.04. The minimum Gasteiger partial charge on any atom is -0.367 e. The summed E-state index contributed by atoms with van der Waals surface area (Å²) in [5, 5.41) is 0. The van der Waals surface area contributed by atoms with E-state index in [-0.39, 0.29) is 5.78 Å². The van der Waals surface area contributed by atoms with E-state index in [0.717, 1.165) is 25.0 Å². The molecule has 0 saturated carbocycles. The van der Waals surface area contributed by atoms with Crippen LogP contribution in [0.2, 0.25) is 0 Å². The van der Waals surface area contributed by atoms with Crippen molar-refractivity contribution in [2.45, 2.75) is 31.8 Å². The lowest BCUT2D eigenvalue weighted by Gasteiger charge is -2.21. The Kier molecular flexibility index (Phi) is 2.87. The molecular weight excluding hydrogens is 188 g/mol. The first-order chi connectivity index (χ1) is 7.21. The summed E-state index contributed by atoms with van der Waals surface area (Å²) in [7, 11) is 0. The maximum Gasteiger partial charge on any atom is 0.168 e. The van der Waals surface area contributed by atoms with E-state index in [4.69, 9.17) is 4.74 Å². The summed E-state index contributed by atoms with van der Waals surface area (Å²) in [6, 6.07) is 9.84. The van der Waals surface area contributed by atoms with Crippen molar-refractivity contribution in [3.63, 3.8) is 0 Å².